The monoisotopic (exact) mass is 393 g/mol. The molecule has 1 aliphatic rings. The third-order valence-corrected chi connectivity index (χ3v) is 5.60. The van der Waals surface area contributed by atoms with Crippen LogP contribution in [-0.4, -0.2) is 43.2 Å². The van der Waals surface area contributed by atoms with Crippen molar-refractivity contribution in [2.75, 3.05) is 20.3 Å². The Kier molecular flexibility index (Phi) is 6.22. The molecule has 152 valence electrons. The zero-order chi connectivity index (χ0) is 20.1. The molecule has 6 heteroatoms. The van der Waals surface area contributed by atoms with Gasteiger partial charge in [0.05, 0.1) is 18.6 Å². The first-order valence-electron chi connectivity index (χ1n) is 10.2. The van der Waals surface area contributed by atoms with Gasteiger partial charge in [0.2, 0.25) is 0 Å². The van der Waals surface area contributed by atoms with Gasteiger partial charge in [-0.05, 0) is 49.9 Å². The lowest BCUT2D eigenvalue weighted by Crippen LogP contribution is -2.42. The van der Waals surface area contributed by atoms with Crippen molar-refractivity contribution in [3.05, 3.63) is 54.4 Å². The second kappa shape index (κ2) is 9.20. The molecule has 1 amide bonds. The topological polar surface area (TPSA) is 76.4 Å². The van der Waals surface area contributed by atoms with Crippen LogP contribution in [0, 0.1) is 0 Å². The Morgan fingerprint density at radius 2 is 1.86 bits per heavy atom. The smallest absolute Gasteiger partial charge is 0.251 e. The molecule has 2 N–H and O–H groups in total. The molecular weight excluding hydrogens is 366 g/mol. The highest BCUT2D eigenvalue weighted by atomic mass is 16.5. The minimum absolute atomic E-state index is 0.0122. The van der Waals surface area contributed by atoms with E-state index in [9.17, 15) is 4.79 Å². The predicted molar refractivity (Wildman–Crippen MR) is 113 cm³/mol. The van der Waals surface area contributed by atoms with Gasteiger partial charge in [-0.15, -0.1) is 0 Å². The number of fused-ring (bicyclic) bond motifs is 1. The lowest BCUT2D eigenvalue weighted by molar-refractivity contribution is 0.0923. The van der Waals surface area contributed by atoms with Gasteiger partial charge in [-0.2, -0.15) is 0 Å². The molecule has 0 radical (unpaired) electrons. The SMILES string of the molecule is COCCNC1CCC(NC(=O)c2ccc(-c3nccc4occc34)cc2)CC1. The van der Waals surface area contributed by atoms with Gasteiger partial charge in [0.1, 0.15) is 5.58 Å². The highest BCUT2D eigenvalue weighted by Crippen LogP contribution is 2.27. The third-order valence-electron chi connectivity index (χ3n) is 5.60. The molecule has 0 aliphatic heterocycles. The number of rotatable bonds is 7. The summed E-state index contributed by atoms with van der Waals surface area (Å²) in [4.78, 5) is 17.1. The first-order chi connectivity index (χ1) is 14.2. The number of nitrogens with zero attached hydrogens (tertiary/aromatic N) is 1. The second-order valence-corrected chi connectivity index (χ2v) is 7.54. The van der Waals surface area contributed by atoms with Crippen molar-refractivity contribution in [2.24, 2.45) is 0 Å². The highest BCUT2D eigenvalue weighted by molar-refractivity contribution is 5.96. The molecule has 0 saturated heterocycles. The summed E-state index contributed by atoms with van der Waals surface area (Å²) in [6.07, 6.45) is 7.56. The van der Waals surface area contributed by atoms with Gasteiger partial charge in [0.15, 0.2) is 0 Å². The van der Waals surface area contributed by atoms with Crippen LogP contribution < -0.4 is 10.6 Å². The van der Waals surface area contributed by atoms with Crippen molar-refractivity contribution >= 4 is 16.9 Å². The zero-order valence-corrected chi connectivity index (χ0v) is 16.7. The quantitative estimate of drug-likeness (QED) is 0.598. The van der Waals surface area contributed by atoms with Crippen molar-refractivity contribution in [1.29, 1.82) is 0 Å². The number of amides is 1. The summed E-state index contributed by atoms with van der Waals surface area (Å²) < 4.78 is 10.5. The first kappa shape index (κ1) is 19.6. The van der Waals surface area contributed by atoms with Crippen LogP contribution in [0.2, 0.25) is 0 Å². The van der Waals surface area contributed by atoms with E-state index in [2.05, 4.69) is 15.6 Å². The maximum Gasteiger partial charge on any atom is 0.251 e. The third kappa shape index (κ3) is 4.66. The van der Waals surface area contributed by atoms with Gasteiger partial charge in [-0.1, -0.05) is 12.1 Å². The van der Waals surface area contributed by atoms with E-state index in [0.717, 1.165) is 61.1 Å². The average molecular weight is 393 g/mol. The number of nitrogens with one attached hydrogen (secondary N) is 2. The van der Waals surface area contributed by atoms with Crippen molar-refractivity contribution in [3.63, 3.8) is 0 Å². The van der Waals surface area contributed by atoms with Crippen LogP contribution in [0.25, 0.3) is 22.2 Å². The lowest BCUT2D eigenvalue weighted by atomic mass is 9.91. The minimum atomic E-state index is -0.0122. The molecule has 0 spiro atoms. The van der Waals surface area contributed by atoms with E-state index >= 15 is 0 Å². The molecule has 2 aromatic heterocycles. The van der Waals surface area contributed by atoms with E-state index in [4.69, 9.17) is 9.15 Å². The fourth-order valence-electron chi connectivity index (χ4n) is 3.98. The van der Waals surface area contributed by atoms with Gasteiger partial charge in [0, 0.05) is 48.4 Å². The number of pyridine rings is 1. The standard InChI is InChI=1S/C23H27N3O3/c1-28-15-13-24-18-6-8-19(9-7-18)26-23(27)17-4-2-16(3-5-17)22-20-11-14-29-21(20)10-12-25-22/h2-5,10-12,14,18-19,24H,6-9,13,15H2,1H3,(H,26,27). The van der Waals surface area contributed by atoms with Crippen LogP contribution in [0.5, 0.6) is 0 Å². The summed E-state index contributed by atoms with van der Waals surface area (Å²) in [5.41, 5.74) is 3.32. The predicted octanol–water partition coefficient (Wildman–Crippen LogP) is 3.77. The van der Waals surface area contributed by atoms with Crippen molar-refractivity contribution in [1.82, 2.24) is 15.6 Å². The molecule has 1 fully saturated rings. The molecule has 1 aromatic carbocycles. The van der Waals surface area contributed by atoms with Crippen molar-refractivity contribution < 1.29 is 13.9 Å². The molecule has 4 rings (SSSR count). The fraction of sp³-hybridized carbons (Fsp3) is 0.391. The lowest BCUT2D eigenvalue weighted by Gasteiger charge is -2.29. The largest absolute Gasteiger partial charge is 0.464 e. The Labute approximate surface area is 170 Å². The van der Waals surface area contributed by atoms with Crippen LogP contribution in [0.15, 0.2) is 53.3 Å². The molecule has 3 aromatic rings. The molecule has 0 unspecified atom stereocenters. The number of hydrogen-bond acceptors (Lipinski definition) is 5. The first-order valence-corrected chi connectivity index (χ1v) is 10.2. The van der Waals surface area contributed by atoms with E-state index < -0.39 is 0 Å². The molecule has 6 nitrogen and oxygen atoms in total. The van der Waals surface area contributed by atoms with Gasteiger partial charge in [-0.25, -0.2) is 0 Å². The van der Waals surface area contributed by atoms with Gasteiger partial charge in [0.25, 0.3) is 5.91 Å². The van der Waals surface area contributed by atoms with E-state index in [1.807, 2.05) is 36.4 Å². The van der Waals surface area contributed by atoms with Crippen LogP contribution in [0.4, 0.5) is 0 Å². The molecule has 1 saturated carbocycles. The number of aromatic nitrogens is 1. The summed E-state index contributed by atoms with van der Waals surface area (Å²) in [5, 5.41) is 7.67. The molecule has 29 heavy (non-hydrogen) atoms. The Morgan fingerprint density at radius 1 is 1.10 bits per heavy atom. The number of carbonyl (C=O) groups is 1. The van der Waals surface area contributed by atoms with Gasteiger partial charge < -0.3 is 19.8 Å². The molecule has 0 bridgehead atoms. The fourth-order valence-corrected chi connectivity index (χ4v) is 3.98. The van der Waals surface area contributed by atoms with Crippen molar-refractivity contribution in [2.45, 2.75) is 37.8 Å². The van der Waals surface area contributed by atoms with Crippen LogP contribution in [0.1, 0.15) is 36.0 Å². The maximum absolute atomic E-state index is 12.7. The molecule has 0 atom stereocenters. The highest BCUT2D eigenvalue weighted by Gasteiger charge is 2.22. The van der Waals surface area contributed by atoms with E-state index in [1.165, 1.54) is 0 Å². The number of carbonyl (C=O) groups excluding carboxylic acids is 1. The van der Waals surface area contributed by atoms with E-state index in [-0.39, 0.29) is 11.9 Å². The van der Waals surface area contributed by atoms with Crippen molar-refractivity contribution in [3.8, 4) is 11.3 Å². The number of methoxy groups -OCH3 is 1. The second-order valence-electron chi connectivity index (χ2n) is 7.54. The summed E-state index contributed by atoms with van der Waals surface area (Å²) in [6.45, 7) is 1.61. The number of benzene rings is 1. The summed E-state index contributed by atoms with van der Waals surface area (Å²) in [5.74, 6) is -0.0122. The van der Waals surface area contributed by atoms with Gasteiger partial charge in [-0.3, -0.25) is 9.78 Å². The Hall–Kier alpha value is -2.70. The minimum Gasteiger partial charge on any atom is -0.464 e. The van der Waals surface area contributed by atoms with E-state index in [0.29, 0.717) is 11.6 Å². The molecule has 2 heterocycles. The Morgan fingerprint density at radius 3 is 2.62 bits per heavy atom. The molecule has 1 aliphatic carbocycles. The Bertz CT molecular complexity index is 943. The zero-order valence-electron chi connectivity index (χ0n) is 16.7. The number of hydrogen-bond donors (Lipinski definition) is 2. The Balaban J connectivity index is 1.34. The average Bonchev–Trinajstić information content (AvgIpc) is 3.24. The van der Waals surface area contributed by atoms with Crippen LogP contribution >= 0.6 is 0 Å². The summed E-state index contributed by atoms with van der Waals surface area (Å²) in [7, 11) is 1.72. The number of furan rings is 1. The summed E-state index contributed by atoms with van der Waals surface area (Å²) >= 11 is 0. The van der Waals surface area contributed by atoms with Crippen LogP contribution in [0.3, 0.4) is 0 Å². The maximum atomic E-state index is 12.7. The summed E-state index contributed by atoms with van der Waals surface area (Å²) in [6, 6.07) is 12.1. The van der Waals surface area contributed by atoms with Gasteiger partial charge >= 0.3 is 0 Å². The normalized spacial score (nSPS) is 19.3. The number of ether oxygens (including phenoxy) is 1. The molecular formula is C23H27N3O3. The van der Waals surface area contributed by atoms with E-state index in [1.54, 1.807) is 19.6 Å². The van der Waals surface area contributed by atoms with Crippen LogP contribution in [-0.2, 0) is 4.74 Å².